The van der Waals surface area contributed by atoms with Gasteiger partial charge in [0.15, 0.2) is 9.84 Å². The molecule has 8 nitrogen and oxygen atoms in total. The van der Waals surface area contributed by atoms with Gasteiger partial charge in [0.05, 0.1) is 4.92 Å². The van der Waals surface area contributed by atoms with Gasteiger partial charge in [-0.2, -0.15) is 0 Å². The molecule has 0 amide bonds. The highest BCUT2D eigenvalue weighted by atomic mass is 32.2. The first-order chi connectivity index (χ1) is 11.9. The van der Waals surface area contributed by atoms with Crippen LogP contribution in [0.1, 0.15) is 12.8 Å². The lowest BCUT2D eigenvalue weighted by Gasteiger charge is -2.41. The van der Waals surface area contributed by atoms with Crippen LogP contribution in [0.2, 0.25) is 0 Å². The molecular formula is C16H23N3O5S. The van der Waals surface area contributed by atoms with Crippen LogP contribution in [0.15, 0.2) is 23.1 Å². The van der Waals surface area contributed by atoms with Crippen LogP contribution < -0.4 is 4.90 Å². The number of nitro groups is 1. The summed E-state index contributed by atoms with van der Waals surface area (Å²) in [5.41, 5.74) is 0.352. The van der Waals surface area contributed by atoms with Crippen molar-refractivity contribution in [2.45, 2.75) is 23.8 Å². The summed E-state index contributed by atoms with van der Waals surface area (Å²) < 4.78 is 29.2. The molecule has 1 aromatic carbocycles. The quantitative estimate of drug-likeness (QED) is 0.583. The van der Waals surface area contributed by atoms with E-state index in [2.05, 4.69) is 9.80 Å². The Labute approximate surface area is 147 Å². The van der Waals surface area contributed by atoms with Crippen LogP contribution in [0, 0.1) is 10.1 Å². The Morgan fingerprint density at radius 2 is 1.80 bits per heavy atom. The maximum absolute atomic E-state index is 11.9. The van der Waals surface area contributed by atoms with E-state index in [1.807, 2.05) is 0 Å². The molecule has 2 fully saturated rings. The summed E-state index contributed by atoms with van der Waals surface area (Å²) in [6.07, 6.45) is 3.10. The van der Waals surface area contributed by atoms with Gasteiger partial charge in [-0.25, -0.2) is 8.42 Å². The number of piperazine rings is 1. The monoisotopic (exact) mass is 369 g/mol. The van der Waals surface area contributed by atoms with E-state index in [1.165, 1.54) is 12.1 Å². The average Bonchev–Trinajstić information content (AvgIpc) is 2.61. The number of anilines is 1. The molecule has 0 N–H and O–H groups in total. The van der Waals surface area contributed by atoms with Crippen molar-refractivity contribution in [3.63, 3.8) is 0 Å². The normalized spacial score (nSPS) is 20.6. The summed E-state index contributed by atoms with van der Waals surface area (Å²) in [4.78, 5) is 14.8. The van der Waals surface area contributed by atoms with Gasteiger partial charge in [-0.15, -0.1) is 0 Å². The molecule has 1 aromatic rings. The van der Waals surface area contributed by atoms with Crippen LogP contribution in [-0.4, -0.2) is 69.9 Å². The fourth-order valence-corrected chi connectivity index (χ4v) is 4.40. The first-order valence-corrected chi connectivity index (χ1v) is 10.3. The second-order valence-electron chi connectivity index (χ2n) is 6.55. The fraction of sp³-hybridized carbons (Fsp3) is 0.625. The summed E-state index contributed by atoms with van der Waals surface area (Å²) in [7, 11) is -3.66. The van der Waals surface area contributed by atoms with Crippen LogP contribution in [0.25, 0.3) is 0 Å². The summed E-state index contributed by atoms with van der Waals surface area (Å²) in [5, 5.41) is 11.1. The number of hydrogen-bond acceptors (Lipinski definition) is 7. The zero-order chi connectivity index (χ0) is 18.0. The molecule has 138 valence electrons. The van der Waals surface area contributed by atoms with E-state index in [1.54, 1.807) is 6.07 Å². The topological polar surface area (TPSA) is 93.0 Å². The maximum Gasteiger partial charge on any atom is 0.288 e. The third-order valence-electron chi connectivity index (χ3n) is 4.93. The van der Waals surface area contributed by atoms with Crippen molar-refractivity contribution in [3.05, 3.63) is 28.3 Å². The lowest BCUT2D eigenvalue weighted by Crippen LogP contribution is -2.51. The lowest BCUT2D eigenvalue weighted by molar-refractivity contribution is -0.387. The number of nitrogens with zero attached hydrogens (tertiary/aromatic N) is 3. The first-order valence-electron chi connectivity index (χ1n) is 8.41. The molecular weight excluding hydrogens is 346 g/mol. The third-order valence-corrected chi connectivity index (χ3v) is 6.05. The molecule has 0 radical (unpaired) electrons. The maximum atomic E-state index is 11.9. The van der Waals surface area contributed by atoms with Gasteiger partial charge in [0, 0.05) is 63.4 Å². The number of hydrogen-bond donors (Lipinski definition) is 0. The van der Waals surface area contributed by atoms with Crippen molar-refractivity contribution in [2.24, 2.45) is 0 Å². The lowest BCUT2D eigenvalue weighted by atomic mass is 10.1. The largest absolute Gasteiger partial charge is 0.381 e. The molecule has 0 bridgehead atoms. The fourth-order valence-electron chi connectivity index (χ4n) is 3.54. The Morgan fingerprint density at radius 3 is 2.36 bits per heavy atom. The summed E-state index contributed by atoms with van der Waals surface area (Å²) in [6, 6.07) is 4.91. The molecule has 3 rings (SSSR count). The molecule has 0 unspecified atom stereocenters. The van der Waals surface area contributed by atoms with E-state index >= 15 is 0 Å². The number of rotatable bonds is 4. The zero-order valence-corrected chi connectivity index (χ0v) is 15.1. The molecule has 0 aromatic heterocycles. The van der Waals surface area contributed by atoms with Gasteiger partial charge in [0.1, 0.15) is 4.90 Å². The number of ether oxygens (including phenoxy) is 1. The second-order valence-corrected chi connectivity index (χ2v) is 8.53. The van der Waals surface area contributed by atoms with E-state index < -0.39 is 14.8 Å². The number of nitro benzene ring substituents is 1. The molecule has 2 aliphatic rings. The molecule has 25 heavy (non-hydrogen) atoms. The van der Waals surface area contributed by atoms with Crippen molar-refractivity contribution in [1.82, 2.24) is 4.90 Å². The Balaban J connectivity index is 1.74. The van der Waals surface area contributed by atoms with Gasteiger partial charge < -0.3 is 9.64 Å². The van der Waals surface area contributed by atoms with Gasteiger partial charge in [-0.3, -0.25) is 15.0 Å². The Morgan fingerprint density at radius 1 is 1.16 bits per heavy atom. The Kier molecular flexibility index (Phi) is 5.26. The molecule has 0 aliphatic carbocycles. The van der Waals surface area contributed by atoms with E-state index in [9.17, 15) is 18.5 Å². The average molecular weight is 369 g/mol. The van der Waals surface area contributed by atoms with Crippen LogP contribution in [0.4, 0.5) is 11.4 Å². The van der Waals surface area contributed by atoms with Crippen LogP contribution in [0.3, 0.4) is 0 Å². The van der Waals surface area contributed by atoms with Gasteiger partial charge in [0.25, 0.3) is 5.69 Å². The smallest absolute Gasteiger partial charge is 0.288 e. The number of benzene rings is 1. The standard InChI is InChI=1S/C16H23N3O5S/c1-25(22,23)16-12-14(2-3-15(16)19(20)21)18-8-6-17(7-9-18)13-4-10-24-11-5-13/h2-3,12-13H,4-11H2,1H3. The van der Waals surface area contributed by atoms with Crippen molar-refractivity contribution in [2.75, 3.05) is 50.5 Å². The van der Waals surface area contributed by atoms with Crippen molar-refractivity contribution >= 4 is 21.2 Å². The van der Waals surface area contributed by atoms with Crippen LogP contribution >= 0.6 is 0 Å². The van der Waals surface area contributed by atoms with Gasteiger partial charge >= 0.3 is 0 Å². The SMILES string of the molecule is CS(=O)(=O)c1cc(N2CCN(C3CCOCC3)CC2)ccc1[N+](=O)[O-]. The molecule has 0 saturated carbocycles. The molecule has 2 aliphatic heterocycles. The van der Waals surface area contributed by atoms with E-state index in [0.717, 1.165) is 64.2 Å². The molecule has 0 spiro atoms. The van der Waals surface area contributed by atoms with Crippen LogP contribution in [0.5, 0.6) is 0 Å². The minimum absolute atomic E-state index is 0.221. The molecule has 0 atom stereocenters. The highest BCUT2D eigenvalue weighted by Crippen LogP contribution is 2.29. The van der Waals surface area contributed by atoms with Crippen molar-refractivity contribution in [3.8, 4) is 0 Å². The van der Waals surface area contributed by atoms with E-state index in [-0.39, 0.29) is 10.6 Å². The summed E-state index contributed by atoms with van der Waals surface area (Å²) in [6.45, 7) is 4.97. The number of sulfone groups is 1. The minimum atomic E-state index is -3.66. The van der Waals surface area contributed by atoms with Crippen molar-refractivity contribution in [1.29, 1.82) is 0 Å². The highest BCUT2D eigenvalue weighted by molar-refractivity contribution is 7.90. The Hall–Kier alpha value is -1.71. The minimum Gasteiger partial charge on any atom is -0.381 e. The summed E-state index contributed by atoms with van der Waals surface area (Å²) in [5.74, 6) is 0. The third kappa shape index (κ3) is 4.10. The Bertz CT molecular complexity index is 738. The highest BCUT2D eigenvalue weighted by Gasteiger charge is 2.28. The van der Waals surface area contributed by atoms with Gasteiger partial charge in [-0.05, 0) is 25.0 Å². The van der Waals surface area contributed by atoms with Crippen molar-refractivity contribution < 1.29 is 18.1 Å². The molecule has 9 heteroatoms. The van der Waals surface area contributed by atoms with Gasteiger partial charge in [-0.1, -0.05) is 0 Å². The predicted molar refractivity (Wildman–Crippen MR) is 93.8 cm³/mol. The molecule has 2 saturated heterocycles. The van der Waals surface area contributed by atoms with Crippen LogP contribution in [-0.2, 0) is 14.6 Å². The van der Waals surface area contributed by atoms with E-state index in [0.29, 0.717) is 6.04 Å². The van der Waals surface area contributed by atoms with Gasteiger partial charge in [0.2, 0.25) is 0 Å². The summed E-state index contributed by atoms with van der Waals surface area (Å²) >= 11 is 0. The van der Waals surface area contributed by atoms with E-state index in [4.69, 9.17) is 4.74 Å². The zero-order valence-electron chi connectivity index (χ0n) is 14.3. The first kappa shape index (κ1) is 18.1. The second kappa shape index (κ2) is 7.27. The predicted octanol–water partition coefficient (Wildman–Crippen LogP) is 1.30. The molecule has 2 heterocycles.